The lowest BCUT2D eigenvalue weighted by Gasteiger charge is -2.54. The molecule has 0 N–H and O–H groups in total. The van der Waals surface area contributed by atoms with Crippen molar-refractivity contribution in [3.63, 3.8) is 0 Å². The molecule has 1 atom stereocenters. The van der Waals surface area contributed by atoms with Crippen LogP contribution in [0.5, 0.6) is 0 Å². The van der Waals surface area contributed by atoms with Gasteiger partial charge in [-0.1, -0.05) is 51.0 Å². The standard InChI is InChI=1S/C33H47N3O2S/c1-3-34-24-27-9-5-8-12-32(27)33(25-34,28-10-6-7-11-28)29-17-19-35(20-18-29)21-26-22-36(23-26)30-13-15-31(16-14-30)39(37,38)4-2/h5,8-9,12-16,26,28-29H,3-4,6-7,10-11,17-25H2,1-2H3. The number of sulfone groups is 1. The Morgan fingerprint density at radius 3 is 2.18 bits per heavy atom. The van der Waals surface area contributed by atoms with Gasteiger partial charge < -0.3 is 9.80 Å². The first-order chi connectivity index (χ1) is 18.9. The normalized spacial score (nSPS) is 26.1. The minimum Gasteiger partial charge on any atom is -0.371 e. The molecule has 1 saturated carbocycles. The molecule has 5 nitrogen and oxygen atoms in total. The molecule has 0 bridgehead atoms. The molecule has 39 heavy (non-hydrogen) atoms. The van der Waals surface area contributed by atoms with Crippen LogP contribution >= 0.6 is 0 Å². The number of hydrogen-bond donors (Lipinski definition) is 0. The van der Waals surface area contributed by atoms with Gasteiger partial charge >= 0.3 is 0 Å². The van der Waals surface area contributed by atoms with Crippen LogP contribution in [0.4, 0.5) is 5.69 Å². The van der Waals surface area contributed by atoms with Crippen molar-refractivity contribution >= 4 is 15.5 Å². The molecule has 0 amide bonds. The van der Waals surface area contributed by atoms with Crippen LogP contribution in [-0.2, 0) is 21.8 Å². The lowest BCUT2D eigenvalue weighted by Crippen LogP contribution is -2.57. The number of likely N-dealkylation sites (N-methyl/N-ethyl adjacent to an activating group) is 1. The highest BCUT2D eigenvalue weighted by Crippen LogP contribution is 2.53. The van der Waals surface area contributed by atoms with E-state index in [4.69, 9.17) is 0 Å². The number of rotatable bonds is 8. The van der Waals surface area contributed by atoms with Crippen molar-refractivity contribution in [2.24, 2.45) is 17.8 Å². The van der Waals surface area contributed by atoms with Crippen LogP contribution < -0.4 is 4.90 Å². The maximum Gasteiger partial charge on any atom is 0.178 e. The summed E-state index contributed by atoms with van der Waals surface area (Å²) >= 11 is 0. The Bertz CT molecular complexity index is 1230. The molecule has 2 saturated heterocycles. The molecule has 0 aromatic heterocycles. The van der Waals surface area contributed by atoms with Gasteiger partial charge in [-0.2, -0.15) is 0 Å². The minimum atomic E-state index is -3.13. The van der Waals surface area contributed by atoms with E-state index in [2.05, 4.69) is 45.9 Å². The summed E-state index contributed by atoms with van der Waals surface area (Å²) in [4.78, 5) is 8.31. The molecule has 1 unspecified atom stereocenters. The van der Waals surface area contributed by atoms with Gasteiger partial charge in [0.15, 0.2) is 9.84 Å². The van der Waals surface area contributed by atoms with Crippen LogP contribution in [0, 0.1) is 17.8 Å². The molecule has 1 aliphatic carbocycles. The van der Waals surface area contributed by atoms with Crippen molar-refractivity contribution in [2.75, 3.05) is 56.5 Å². The van der Waals surface area contributed by atoms with Gasteiger partial charge in [0.2, 0.25) is 0 Å². The molecular weight excluding hydrogens is 502 g/mol. The summed E-state index contributed by atoms with van der Waals surface area (Å²) in [6, 6.07) is 17.0. The Kier molecular flexibility index (Phi) is 7.82. The van der Waals surface area contributed by atoms with E-state index in [1.54, 1.807) is 30.2 Å². The second-order valence-corrected chi connectivity index (χ2v) is 15.0. The molecule has 2 aromatic carbocycles. The number of nitrogens with zero attached hydrogens (tertiary/aromatic N) is 3. The predicted molar refractivity (Wildman–Crippen MR) is 160 cm³/mol. The third-order valence-electron chi connectivity index (χ3n) is 10.7. The Morgan fingerprint density at radius 2 is 1.51 bits per heavy atom. The Morgan fingerprint density at radius 1 is 0.846 bits per heavy atom. The summed E-state index contributed by atoms with van der Waals surface area (Å²) in [7, 11) is -3.13. The second kappa shape index (κ2) is 11.2. The van der Waals surface area contributed by atoms with E-state index >= 15 is 0 Å². The maximum atomic E-state index is 12.1. The summed E-state index contributed by atoms with van der Waals surface area (Å²) in [5.41, 5.74) is 4.77. The fourth-order valence-electron chi connectivity index (χ4n) is 8.48. The van der Waals surface area contributed by atoms with Gasteiger partial charge in [0.25, 0.3) is 0 Å². The average molecular weight is 550 g/mol. The third-order valence-corrected chi connectivity index (χ3v) is 12.4. The van der Waals surface area contributed by atoms with Gasteiger partial charge in [0, 0.05) is 49.7 Å². The average Bonchev–Trinajstić information content (AvgIpc) is 3.50. The van der Waals surface area contributed by atoms with E-state index in [0.717, 1.165) is 43.7 Å². The zero-order valence-electron chi connectivity index (χ0n) is 24.0. The number of anilines is 1. The van der Waals surface area contributed by atoms with Gasteiger partial charge in [0.05, 0.1) is 10.6 Å². The SMILES string of the molecule is CCN1Cc2ccccc2C(C2CCCC2)(C2CCN(CC3CN(c4ccc(S(=O)(=O)CC)cc4)C3)CC2)C1. The Labute approximate surface area is 236 Å². The first kappa shape index (κ1) is 27.3. The van der Waals surface area contributed by atoms with Gasteiger partial charge in [0.1, 0.15) is 0 Å². The smallest absolute Gasteiger partial charge is 0.178 e. The zero-order valence-corrected chi connectivity index (χ0v) is 24.8. The van der Waals surface area contributed by atoms with Crippen LogP contribution in [0.1, 0.15) is 63.5 Å². The van der Waals surface area contributed by atoms with Crippen molar-refractivity contribution in [3.05, 3.63) is 59.7 Å². The Balaban J connectivity index is 1.09. The number of benzene rings is 2. The van der Waals surface area contributed by atoms with E-state index in [9.17, 15) is 8.42 Å². The topological polar surface area (TPSA) is 43.9 Å². The Hall–Kier alpha value is -1.89. The molecule has 0 radical (unpaired) electrons. The van der Waals surface area contributed by atoms with Gasteiger partial charge in [-0.3, -0.25) is 4.90 Å². The molecule has 6 heteroatoms. The number of hydrogen-bond acceptors (Lipinski definition) is 5. The first-order valence-corrected chi connectivity index (χ1v) is 17.2. The van der Waals surface area contributed by atoms with Gasteiger partial charge in [-0.05, 0) is 92.5 Å². The van der Waals surface area contributed by atoms with Crippen LogP contribution in [-0.4, -0.2) is 69.8 Å². The molecule has 3 aliphatic heterocycles. The first-order valence-electron chi connectivity index (χ1n) is 15.5. The van der Waals surface area contributed by atoms with Crippen molar-refractivity contribution in [3.8, 4) is 0 Å². The summed E-state index contributed by atoms with van der Waals surface area (Å²) < 4.78 is 24.3. The molecule has 2 aromatic rings. The van der Waals surface area contributed by atoms with Crippen molar-refractivity contribution in [2.45, 2.75) is 69.2 Å². The molecule has 3 fully saturated rings. The van der Waals surface area contributed by atoms with Crippen LogP contribution in [0.25, 0.3) is 0 Å². The molecule has 3 heterocycles. The zero-order chi connectivity index (χ0) is 27.0. The van der Waals surface area contributed by atoms with Crippen molar-refractivity contribution in [1.29, 1.82) is 0 Å². The third kappa shape index (κ3) is 5.17. The molecule has 212 valence electrons. The van der Waals surface area contributed by atoms with Gasteiger partial charge in [-0.25, -0.2) is 8.42 Å². The molecule has 0 spiro atoms. The predicted octanol–water partition coefficient (Wildman–Crippen LogP) is 5.59. The lowest BCUT2D eigenvalue weighted by atomic mass is 9.57. The summed E-state index contributed by atoms with van der Waals surface area (Å²) in [6.07, 6.45) is 8.30. The maximum absolute atomic E-state index is 12.1. The van der Waals surface area contributed by atoms with Crippen LogP contribution in [0.2, 0.25) is 0 Å². The molecule has 4 aliphatic rings. The second-order valence-electron chi connectivity index (χ2n) is 12.7. The minimum absolute atomic E-state index is 0.153. The highest BCUT2D eigenvalue weighted by atomic mass is 32.2. The quantitative estimate of drug-likeness (QED) is 0.429. The number of likely N-dealkylation sites (tertiary alicyclic amines) is 1. The summed E-state index contributed by atoms with van der Waals surface area (Å²) in [5, 5.41) is 0. The van der Waals surface area contributed by atoms with E-state index in [1.807, 2.05) is 12.1 Å². The summed E-state index contributed by atoms with van der Waals surface area (Å²) in [5.74, 6) is 2.47. The fraction of sp³-hybridized carbons (Fsp3) is 0.636. The van der Waals surface area contributed by atoms with E-state index in [0.29, 0.717) is 16.2 Å². The summed E-state index contributed by atoms with van der Waals surface area (Å²) in [6.45, 7) is 13.4. The van der Waals surface area contributed by atoms with E-state index in [1.165, 1.54) is 64.7 Å². The highest BCUT2D eigenvalue weighted by molar-refractivity contribution is 7.91. The van der Waals surface area contributed by atoms with E-state index < -0.39 is 9.84 Å². The molecule has 6 rings (SSSR count). The van der Waals surface area contributed by atoms with E-state index in [-0.39, 0.29) is 5.75 Å². The van der Waals surface area contributed by atoms with Crippen LogP contribution in [0.3, 0.4) is 0 Å². The highest BCUT2D eigenvalue weighted by Gasteiger charge is 2.51. The van der Waals surface area contributed by atoms with Crippen molar-refractivity contribution in [1.82, 2.24) is 9.80 Å². The fourth-order valence-corrected chi connectivity index (χ4v) is 9.37. The van der Waals surface area contributed by atoms with Crippen molar-refractivity contribution < 1.29 is 8.42 Å². The molecular formula is C33H47N3O2S. The van der Waals surface area contributed by atoms with Crippen LogP contribution in [0.15, 0.2) is 53.4 Å². The number of piperidine rings is 1. The lowest BCUT2D eigenvalue weighted by molar-refractivity contribution is 0.0359. The van der Waals surface area contributed by atoms with Gasteiger partial charge in [-0.15, -0.1) is 0 Å². The number of fused-ring (bicyclic) bond motifs is 1. The largest absolute Gasteiger partial charge is 0.371 e. The monoisotopic (exact) mass is 549 g/mol.